The van der Waals surface area contributed by atoms with Gasteiger partial charge in [0.2, 0.25) is 0 Å². The third-order valence-corrected chi connectivity index (χ3v) is 3.79. The number of nitrogens with one attached hydrogen (secondary N) is 2. The van der Waals surface area contributed by atoms with E-state index in [0.717, 1.165) is 10.8 Å². The molecule has 3 aromatic carbocycles. The smallest absolute Gasteiger partial charge is 0.274 e. The van der Waals surface area contributed by atoms with Crippen molar-refractivity contribution in [1.29, 1.82) is 0 Å². The Balaban J connectivity index is 1.85. The van der Waals surface area contributed by atoms with E-state index in [9.17, 15) is 9.59 Å². The highest BCUT2D eigenvalue weighted by molar-refractivity contribution is 6.07. The van der Waals surface area contributed by atoms with E-state index in [1.165, 1.54) is 0 Å². The van der Waals surface area contributed by atoms with Gasteiger partial charge < -0.3 is 10.1 Å². The van der Waals surface area contributed by atoms with Crippen LogP contribution in [0.1, 0.15) is 20.7 Å². The predicted molar refractivity (Wildman–Crippen MR) is 94.1 cm³/mol. The summed E-state index contributed by atoms with van der Waals surface area (Å²) in [4.78, 5) is 23.9. The molecule has 0 saturated carbocycles. The summed E-state index contributed by atoms with van der Waals surface area (Å²) in [5, 5.41) is 13.1. The highest BCUT2D eigenvalue weighted by Crippen LogP contribution is 2.21. The normalized spacial score (nSPS) is 10.3. The molecule has 3 N–H and O–H groups in total. The van der Waals surface area contributed by atoms with E-state index in [0.29, 0.717) is 22.6 Å². The van der Waals surface area contributed by atoms with Crippen LogP contribution in [-0.2, 0) is 0 Å². The largest absolute Gasteiger partial charge is 0.497 e. The molecule has 0 saturated heterocycles. The Hall–Kier alpha value is -3.38. The molecule has 3 aromatic rings. The van der Waals surface area contributed by atoms with Crippen LogP contribution in [0.25, 0.3) is 10.8 Å². The van der Waals surface area contributed by atoms with Crippen molar-refractivity contribution in [3.05, 3.63) is 71.8 Å². The van der Waals surface area contributed by atoms with Crippen LogP contribution in [0, 0.1) is 0 Å². The molecule has 6 nitrogen and oxygen atoms in total. The number of rotatable bonds is 4. The molecule has 126 valence electrons. The van der Waals surface area contributed by atoms with Crippen molar-refractivity contribution in [2.45, 2.75) is 0 Å². The molecule has 3 rings (SSSR count). The maximum absolute atomic E-state index is 12.4. The van der Waals surface area contributed by atoms with Gasteiger partial charge in [0.05, 0.1) is 7.11 Å². The number of benzene rings is 3. The van der Waals surface area contributed by atoms with Gasteiger partial charge in [0.25, 0.3) is 11.8 Å². The predicted octanol–water partition coefficient (Wildman–Crippen LogP) is 3.22. The van der Waals surface area contributed by atoms with Crippen molar-refractivity contribution in [2.75, 3.05) is 12.4 Å². The van der Waals surface area contributed by atoms with Crippen LogP contribution in [0.15, 0.2) is 60.7 Å². The van der Waals surface area contributed by atoms with Gasteiger partial charge in [-0.05, 0) is 47.2 Å². The summed E-state index contributed by atoms with van der Waals surface area (Å²) >= 11 is 0. The molecule has 0 aliphatic heterocycles. The second-order valence-corrected chi connectivity index (χ2v) is 5.40. The van der Waals surface area contributed by atoms with Crippen LogP contribution < -0.4 is 15.5 Å². The molecule has 0 bridgehead atoms. The topological polar surface area (TPSA) is 87.7 Å². The molecule has 0 atom stereocenters. The molecule has 0 fully saturated rings. The van der Waals surface area contributed by atoms with Crippen molar-refractivity contribution in [3.8, 4) is 5.75 Å². The second kappa shape index (κ2) is 7.02. The zero-order valence-corrected chi connectivity index (χ0v) is 13.4. The summed E-state index contributed by atoms with van der Waals surface area (Å²) in [6.45, 7) is 0. The third-order valence-electron chi connectivity index (χ3n) is 3.79. The van der Waals surface area contributed by atoms with E-state index in [4.69, 9.17) is 9.94 Å². The van der Waals surface area contributed by atoms with Crippen molar-refractivity contribution in [1.82, 2.24) is 5.48 Å². The molecule has 0 aromatic heterocycles. The Morgan fingerprint density at radius 3 is 2.12 bits per heavy atom. The monoisotopic (exact) mass is 336 g/mol. The van der Waals surface area contributed by atoms with Crippen LogP contribution in [0.2, 0.25) is 0 Å². The van der Waals surface area contributed by atoms with E-state index in [2.05, 4.69) is 5.32 Å². The first kappa shape index (κ1) is 16.5. The first-order valence-corrected chi connectivity index (χ1v) is 7.54. The lowest BCUT2D eigenvalue weighted by Crippen LogP contribution is -2.18. The van der Waals surface area contributed by atoms with E-state index in [1.807, 2.05) is 0 Å². The summed E-state index contributed by atoms with van der Waals surface area (Å²) in [6.07, 6.45) is 0. The SMILES string of the molecule is COc1cccc(NC(=O)c2ccc3cc(C(=O)NO)ccc3c2)c1. The minimum atomic E-state index is -0.582. The van der Waals surface area contributed by atoms with Crippen molar-refractivity contribution >= 4 is 28.3 Å². The quantitative estimate of drug-likeness (QED) is 0.504. The van der Waals surface area contributed by atoms with Gasteiger partial charge >= 0.3 is 0 Å². The summed E-state index contributed by atoms with van der Waals surface area (Å²) in [5.74, 6) is -0.167. The number of hydrogen-bond donors (Lipinski definition) is 3. The van der Waals surface area contributed by atoms with Gasteiger partial charge in [-0.1, -0.05) is 18.2 Å². The lowest BCUT2D eigenvalue weighted by Gasteiger charge is -2.08. The van der Waals surface area contributed by atoms with Crippen LogP contribution >= 0.6 is 0 Å². The average Bonchev–Trinajstić information content (AvgIpc) is 2.66. The molecule has 0 unspecified atom stereocenters. The summed E-state index contributed by atoms with van der Waals surface area (Å²) < 4.78 is 5.14. The van der Waals surface area contributed by atoms with Crippen LogP contribution in [0.4, 0.5) is 5.69 Å². The summed E-state index contributed by atoms with van der Waals surface area (Å²) in [5.41, 5.74) is 3.07. The number of hydrogen-bond acceptors (Lipinski definition) is 4. The number of amides is 2. The second-order valence-electron chi connectivity index (χ2n) is 5.40. The van der Waals surface area contributed by atoms with E-state index >= 15 is 0 Å². The Morgan fingerprint density at radius 1 is 0.880 bits per heavy atom. The van der Waals surface area contributed by atoms with Crippen LogP contribution in [0.3, 0.4) is 0 Å². The number of methoxy groups -OCH3 is 1. The van der Waals surface area contributed by atoms with Gasteiger partial charge in [0, 0.05) is 22.9 Å². The highest BCUT2D eigenvalue weighted by atomic mass is 16.5. The van der Waals surface area contributed by atoms with Gasteiger partial charge in [-0.3, -0.25) is 14.8 Å². The number of carbonyl (C=O) groups excluding carboxylic acids is 2. The molecule has 0 spiro atoms. The number of anilines is 1. The first-order chi connectivity index (χ1) is 12.1. The Kier molecular flexibility index (Phi) is 4.63. The lowest BCUT2D eigenvalue weighted by atomic mass is 10.0. The Morgan fingerprint density at radius 2 is 1.52 bits per heavy atom. The molecule has 6 heteroatoms. The molecule has 0 aliphatic carbocycles. The molecule has 0 heterocycles. The minimum Gasteiger partial charge on any atom is -0.497 e. The van der Waals surface area contributed by atoms with Crippen LogP contribution in [0.5, 0.6) is 5.75 Å². The third kappa shape index (κ3) is 3.59. The molecular formula is C19H16N2O4. The van der Waals surface area contributed by atoms with Crippen molar-refractivity contribution < 1.29 is 19.5 Å². The Bertz CT molecular complexity index is 953. The lowest BCUT2D eigenvalue weighted by molar-refractivity contribution is 0.0706. The number of fused-ring (bicyclic) bond motifs is 1. The van der Waals surface area contributed by atoms with Gasteiger partial charge in [-0.25, -0.2) is 5.48 Å². The van der Waals surface area contributed by atoms with Crippen molar-refractivity contribution in [3.63, 3.8) is 0 Å². The molecule has 0 radical (unpaired) electrons. The summed E-state index contributed by atoms with van der Waals surface area (Å²) in [7, 11) is 1.57. The molecule has 2 amide bonds. The zero-order chi connectivity index (χ0) is 17.8. The molecule has 25 heavy (non-hydrogen) atoms. The first-order valence-electron chi connectivity index (χ1n) is 7.54. The fourth-order valence-electron chi connectivity index (χ4n) is 2.50. The maximum atomic E-state index is 12.4. The standard InChI is InChI=1S/C19H16N2O4/c1-25-17-4-2-3-16(11-17)20-18(22)14-7-5-13-10-15(19(23)21-24)8-6-12(13)9-14/h2-11,24H,1H3,(H,20,22)(H,21,23). The minimum absolute atomic E-state index is 0.243. The Labute approximate surface area is 144 Å². The highest BCUT2D eigenvalue weighted by Gasteiger charge is 2.09. The number of hydroxylamine groups is 1. The van der Waals surface area contributed by atoms with Gasteiger partial charge in [0.15, 0.2) is 0 Å². The van der Waals surface area contributed by atoms with Crippen LogP contribution in [-0.4, -0.2) is 24.1 Å². The van der Waals surface area contributed by atoms with Gasteiger partial charge in [-0.15, -0.1) is 0 Å². The maximum Gasteiger partial charge on any atom is 0.274 e. The molecular weight excluding hydrogens is 320 g/mol. The van der Waals surface area contributed by atoms with E-state index in [1.54, 1.807) is 73.3 Å². The summed E-state index contributed by atoms with van der Waals surface area (Å²) in [6, 6.07) is 17.2. The van der Waals surface area contributed by atoms with Gasteiger partial charge in [-0.2, -0.15) is 0 Å². The van der Waals surface area contributed by atoms with E-state index in [-0.39, 0.29) is 5.91 Å². The van der Waals surface area contributed by atoms with E-state index < -0.39 is 5.91 Å². The number of carbonyl (C=O) groups is 2. The molecule has 0 aliphatic rings. The number of ether oxygens (including phenoxy) is 1. The fourth-order valence-corrected chi connectivity index (χ4v) is 2.50. The van der Waals surface area contributed by atoms with Gasteiger partial charge in [0.1, 0.15) is 5.75 Å². The van der Waals surface area contributed by atoms with Crippen molar-refractivity contribution in [2.24, 2.45) is 0 Å². The average molecular weight is 336 g/mol. The zero-order valence-electron chi connectivity index (χ0n) is 13.4. The fraction of sp³-hybridized carbons (Fsp3) is 0.0526.